The van der Waals surface area contributed by atoms with Crippen LogP contribution >= 0.6 is 0 Å². The molecule has 0 aliphatic carbocycles. The van der Waals surface area contributed by atoms with Crippen LogP contribution in [0.5, 0.6) is 0 Å². The molecule has 28 heavy (non-hydrogen) atoms. The second kappa shape index (κ2) is 6.70. The van der Waals surface area contributed by atoms with Crippen molar-refractivity contribution in [2.45, 2.75) is 25.4 Å². The number of tetrazole rings is 1. The quantitative estimate of drug-likeness (QED) is 0.684. The predicted molar refractivity (Wildman–Crippen MR) is 101 cm³/mol. The highest BCUT2D eigenvalue weighted by atomic mass is 16.2. The van der Waals surface area contributed by atoms with Gasteiger partial charge in [-0.05, 0) is 46.5 Å². The molecule has 1 aromatic carbocycles. The Morgan fingerprint density at radius 3 is 2.71 bits per heavy atom. The van der Waals surface area contributed by atoms with E-state index < -0.39 is 0 Å². The first kappa shape index (κ1) is 16.9. The third kappa shape index (κ3) is 3.00. The minimum Gasteiger partial charge on any atom is -0.338 e. The van der Waals surface area contributed by atoms with Crippen LogP contribution in [0.15, 0.2) is 53.6 Å². The molecule has 2 aliphatic heterocycles. The second-order valence-electron chi connectivity index (χ2n) is 7.61. The third-order valence-electron chi connectivity index (χ3n) is 5.70. The van der Waals surface area contributed by atoms with E-state index in [2.05, 4.69) is 15.5 Å². The second-order valence-corrected chi connectivity index (χ2v) is 7.61. The number of carbonyl (C=O) groups is 1. The Balaban J connectivity index is 1.33. The van der Waals surface area contributed by atoms with Gasteiger partial charge in [0.2, 0.25) is 0 Å². The fourth-order valence-corrected chi connectivity index (χ4v) is 4.44. The van der Waals surface area contributed by atoms with Gasteiger partial charge < -0.3 is 9.47 Å². The van der Waals surface area contributed by atoms with Crippen LogP contribution in [0.1, 0.15) is 34.0 Å². The molecular weight excluding hydrogens is 356 g/mol. The topological polar surface area (TPSA) is 85.9 Å². The lowest BCUT2D eigenvalue weighted by atomic mass is 9.83. The van der Waals surface area contributed by atoms with Gasteiger partial charge in [0.1, 0.15) is 6.33 Å². The highest BCUT2D eigenvalue weighted by Gasteiger charge is 2.36. The van der Waals surface area contributed by atoms with E-state index in [9.17, 15) is 9.59 Å². The number of hydrogen-bond donors (Lipinski definition) is 0. The molecule has 1 fully saturated rings. The van der Waals surface area contributed by atoms with Gasteiger partial charge in [0.05, 0.1) is 6.54 Å². The van der Waals surface area contributed by atoms with E-state index in [4.69, 9.17) is 0 Å². The molecule has 0 saturated carbocycles. The SMILES string of the molecule is O=C(c1ccc(Cn2cnnn2)cc1)N1C[C@H]2C[C@H](C1)c1cccc(=O)n1C2. The first-order valence-electron chi connectivity index (χ1n) is 9.46. The fraction of sp³-hybridized carbons (Fsp3) is 0.350. The van der Waals surface area contributed by atoms with Crippen molar-refractivity contribution in [1.29, 1.82) is 0 Å². The molecule has 2 aromatic heterocycles. The summed E-state index contributed by atoms with van der Waals surface area (Å²) in [5.74, 6) is 0.606. The van der Waals surface area contributed by atoms with Crippen molar-refractivity contribution in [3.8, 4) is 0 Å². The van der Waals surface area contributed by atoms with Gasteiger partial charge in [-0.1, -0.05) is 18.2 Å². The van der Waals surface area contributed by atoms with Crippen LogP contribution in [0, 0.1) is 5.92 Å². The van der Waals surface area contributed by atoms with Crippen LogP contribution in [-0.4, -0.2) is 48.7 Å². The zero-order chi connectivity index (χ0) is 19.1. The maximum Gasteiger partial charge on any atom is 0.253 e. The van der Waals surface area contributed by atoms with Crippen LogP contribution in [0.2, 0.25) is 0 Å². The van der Waals surface area contributed by atoms with Crippen LogP contribution in [0.4, 0.5) is 0 Å². The van der Waals surface area contributed by atoms with Crippen LogP contribution in [0.3, 0.4) is 0 Å². The monoisotopic (exact) mass is 376 g/mol. The summed E-state index contributed by atoms with van der Waals surface area (Å²) in [6.45, 7) is 2.62. The first-order valence-corrected chi connectivity index (χ1v) is 9.46. The third-order valence-corrected chi connectivity index (χ3v) is 5.70. The fourth-order valence-electron chi connectivity index (χ4n) is 4.44. The van der Waals surface area contributed by atoms with Gasteiger partial charge in [0.15, 0.2) is 0 Å². The average Bonchev–Trinajstić information content (AvgIpc) is 3.22. The van der Waals surface area contributed by atoms with Crippen molar-refractivity contribution < 1.29 is 4.79 Å². The molecule has 0 radical (unpaired) electrons. The van der Waals surface area contributed by atoms with Gasteiger partial charge in [0.25, 0.3) is 11.5 Å². The summed E-state index contributed by atoms with van der Waals surface area (Å²) in [6, 6.07) is 13.1. The van der Waals surface area contributed by atoms with E-state index in [1.54, 1.807) is 17.1 Å². The zero-order valence-electron chi connectivity index (χ0n) is 15.3. The molecule has 2 bridgehead atoms. The summed E-state index contributed by atoms with van der Waals surface area (Å²) in [6.07, 6.45) is 2.60. The number of aromatic nitrogens is 5. The molecule has 1 saturated heterocycles. The minimum atomic E-state index is 0.0513. The number of nitrogens with zero attached hydrogens (tertiary/aromatic N) is 6. The molecule has 0 N–H and O–H groups in total. The van der Waals surface area contributed by atoms with Crippen molar-refractivity contribution in [3.05, 3.63) is 76.0 Å². The first-order chi connectivity index (χ1) is 13.7. The van der Waals surface area contributed by atoms with Crippen LogP contribution in [0.25, 0.3) is 0 Å². The lowest BCUT2D eigenvalue weighted by Gasteiger charge is -2.42. The number of likely N-dealkylation sites (tertiary alicyclic amines) is 1. The average molecular weight is 376 g/mol. The van der Waals surface area contributed by atoms with Gasteiger partial charge in [-0.15, -0.1) is 5.10 Å². The Bertz CT molecular complexity index is 1060. The molecule has 2 atom stereocenters. The molecule has 3 aromatic rings. The number of hydrogen-bond acceptors (Lipinski definition) is 5. The number of carbonyl (C=O) groups excluding carboxylic acids is 1. The van der Waals surface area contributed by atoms with E-state index >= 15 is 0 Å². The van der Waals surface area contributed by atoms with Crippen molar-refractivity contribution >= 4 is 5.91 Å². The van der Waals surface area contributed by atoms with Crippen molar-refractivity contribution in [1.82, 2.24) is 29.7 Å². The molecule has 2 aliphatic rings. The van der Waals surface area contributed by atoms with Crippen molar-refractivity contribution in [3.63, 3.8) is 0 Å². The van der Waals surface area contributed by atoms with Crippen molar-refractivity contribution in [2.75, 3.05) is 13.1 Å². The molecule has 0 spiro atoms. The standard InChI is InChI=1S/C20H20N6O2/c27-19-3-1-2-18-17-8-15(11-26(18)19)9-24(12-17)20(28)16-6-4-14(5-7-16)10-25-13-21-22-23-25/h1-7,13,15,17H,8-12H2/t15-,17-/m1/s1. The van der Waals surface area contributed by atoms with E-state index in [1.165, 1.54) is 0 Å². The van der Waals surface area contributed by atoms with Gasteiger partial charge in [-0.3, -0.25) is 9.59 Å². The number of fused-ring (bicyclic) bond motifs is 4. The molecular formula is C20H20N6O2. The smallest absolute Gasteiger partial charge is 0.253 e. The van der Waals surface area contributed by atoms with E-state index in [1.807, 2.05) is 45.9 Å². The number of pyridine rings is 1. The maximum atomic E-state index is 13.1. The molecule has 4 heterocycles. The highest BCUT2D eigenvalue weighted by molar-refractivity contribution is 5.94. The Labute approximate surface area is 161 Å². The number of amides is 1. The lowest BCUT2D eigenvalue weighted by molar-refractivity contribution is 0.0594. The molecule has 0 unspecified atom stereocenters. The van der Waals surface area contributed by atoms with Crippen molar-refractivity contribution in [2.24, 2.45) is 5.92 Å². The van der Waals surface area contributed by atoms with Crippen LogP contribution in [-0.2, 0) is 13.1 Å². The molecule has 5 rings (SSSR count). The Hall–Kier alpha value is -3.29. The maximum absolute atomic E-state index is 13.1. The van der Waals surface area contributed by atoms with E-state index in [0.717, 1.165) is 17.7 Å². The van der Waals surface area contributed by atoms with Gasteiger partial charge in [-0.2, -0.15) is 0 Å². The van der Waals surface area contributed by atoms with Gasteiger partial charge in [-0.25, -0.2) is 4.68 Å². The van der Waals surface area contributed by atoms with E-state index in [0.29, 0.717) is 37.7 Å². The van der Waals surface area contributed by atoms with Crippen LogP contribution < -0.4 is 5.56 Å². The Kier molecular flexibility index (Phi) is 4.03. The highest BCUT2D eigenvalue weighted by Crippen LogP contribution is 2.35. The molecule has 1 amide bonds. The zero-order valence-corrected chi connectivity index (χ0v) is 15.3. The van der Waals surface area contributed by atoms with E-state index in [-0.39, 0.29) is 17.4 Å². The largest absolute Gasteiger partial charge is 0.338 e. The summed E-state index contributed by atoms with van der Waals surface area (Å²) in [4.78, 5) is 27.1. The number of rotatable bonds is 3. The Morgan fingerprint density at radius 1 is 1.07 bits per heavy atom. The van der Waals surface area contributed by atoms with Gasteiger partial charge in [0, 0.05) is 42.9 Å². The normalized spacial score (nSPS) is 20.6. The molecule has 8 nitrogen and oxygen atoms in total. The minimum absolute atomic E-state index is 0.0513. The summed E-state index contributed by atoms with van der Waals surface area (Å²) in [5.41, 5.74) is 2.83. The number of benzene rings is 1. The summed E-state index contributed by atoms with van der Waals surface area (Å²) in [7, 11) is 0. The summed E-state index contributed by atoms with van der Waals surface area (Å²) >= 11 is 0. The van der Waals surface area contributed by atoms with Gasteiger partial charge >= 0.3 is 0 Å². The molecule has 8 heteroatoms. The predicted octanol–water partition coefficient (Wildman–Crippen LogP) is 1.14. The lowest BCUT2D eigenvalue weighted by Crippen LogP contribution is -2.49. The summed E-state index contributed by atoms with van der Waals surface area (Å²) < 4.78 is 3.52. The summed E-state index contributed by atoms with van der Waals surface area (Å²) in [5, 5.41) is 11.1. The Morgan fingerprint density at radius 2 is 1.93 bits per heavy atom. The number of piperidine rings is 1. The molecule has 142 valence electrons.